The van der Waals surface area contributed by atoms with Crippen molar-refractivity contribution in [2.45, 2.75) is 0 Å². The Morgan fingerprint density at radius 1 is 0.895 bits per heavy atom. The summed E-state index contributed by atoms with van der Waals surface area (Å²) in [5.74, 6) is 1.25. The number of ether oxygens (including phenoxy) is 2. The lowest BCUT2D eigenvalue weighted by atomic mass is 10.1. The number of rotatable bonds is 5. The molecule has 0 fully saturated rings. The van der Waals surface area contributed by atoms with E-state index in [1.54, 1.807) is 14.2 Å². The summed E-state index contributed by atoms with van der Waals surface area (Å²) >= 11 is 0. The Kier molecular flexibility index (Phi) is 4.09. The van der Waals surface area contributed by atoms with Crippen LogP contribution in [-0.4, -0.2) is 28.4 Å². The molecular weight excluding hydrogens is 246 g/mol. The van der Waals surface area contributed by atoms with E-state index in [2.05, 4.69) is 0 Å². The van der Waals surface area contributed by atoms with Gasteiger partial charge in [0, 0.05) is 5.39 Å². The van der Waals surface area contributed by atoms with Gasteiger partial charge in [-0.2, -0.15) is 0 Å². The molecule has 0 aliphatic heterocycles. The summed E-state index contributed by atoms with van der Waals surface area (Å²) in [6, 6.07) is 9.79. The zero-order chi connectivity index (χ0) is 13.8. The Bertz CT molecular complexity index is 567. The Balaban J connectivity index is 2.78. The van der Waals surface area contributed by atoms with E-state index < -0.39 is 0 Å². The average Bonchev–Trinajstić information content (AvgIpc) is 2.47. The summed E-state index contributed by atoms with van der Waals surface area (Å²) in [6.45, 7) is 0. The van der Waals surface area contributed by atoms with Gasteiger partial charge in [0.25, 0.3) is 0 Å². The van der Waals surface area contributed by atoms with Crippen LogP contribution in [0.3, 0.4) is 0 Å². The van der Waals surface area contributed by atoms with Crippen LogP contribution < -0.4 is 14.7 Å². The van der Waals surface area contributed by atoms with Gasteiger partial charge in [0.05, 0.1) is 28.4 Å². The van der Waals surface area contributed by atoms with Crippen LogP contribution in [0.15, 0.2) is 30.3 Å². The van der Waals surface area contributed by atoms with Crippen molar-refractivity contribution >= 4 is 16.5 Å². The smallest absolute Gasteiger partial charge is 0.179 e. The molecule has 0 heterocycles. The SMILES string of the molecule is COc1cc2ccccc2c(OC)c1N(OC)OC. The molecule has 102 valence electrons. The fourth-order valence-corrected chi connectivity index (χ4v) is 2.07. The first-order valence-corrected chi connectivity index (χ1v) is 5.78. The summed E-state index contributed by atoms with van der Waals surface area (Å²) < 4.78 is 10.9. The van der Waals surface area contributed by atoms with Crippen LogP contribution in [0.2, 0.25) is 0 Å². The summed E-state index contributed by atoms with van der Waals surface area (Å²) in [5.41, 5.74) is 0.591. The summed E-state index contributed by atoms with van der Waals surface area (Å²) in [6.07, 6.45) is 0. The molecule has 5 heteroatoms. The monoisotopic (exact) mass is 263 g/mol. The molecule has 0 bridgehead atoms. The topological polar surface area (TPSA) is 40.2 Å². The van der Waals surface area contributed by atoms with Crippen LogP contribution in [0, 0.1) is 0 Å². The van der Waals surface area contributed by atoms with Crippen molar-refractivity contribution in [3.8, 4) is 11.5 Å². The standard InChI is InChI=1S/C14H17NO4/c1-16-12-9-10-7-5-6-8-11(10)14(17-2)13(12)15(18-3)19-4/h5-9H,1-4H3. The van der Waals surface area contributed by atoms with E-state index in [0.717, 1.165) is 10.8 Å². The third-order valence-corrected chi connectivity index (χ3v) is 2.88. The maximum atomic E-state index is 5.50. The summed E-state index contributed by atoms with van der Waals surface area (Å²) in [4.78, 5) is 10.3. The lowest BCUT2D eigenvalue weighted by Crippen LogP contribution is -2.21. The minimum absolute atomic E-state index is 0.591. The van der Waals surface area contributed by atoms with E-state index in [1.165, 1.54) is 19.4 Å². The first-order valence-electron chi connectivity index (χ1n) is 5.78. The van der Waals surface area contributed by atoms with Crippen molar-refractivity contribution in [2.75, 3.05) is 33.7 Å². The molecule has 0 amide bonds. The lowest BCUT2D eigenvalue weighted by Gasteiger charge is -2.23. The van der Waals surface area contributed by atoms with Gasteiger partial charge in [-0.05, 0) is 11.5 Å². The molecule has 2 rings (SSSR count). The van der Waals surface area contributed by atoms with Crippen molar-refractivity contribution < 1.29 is 19.1 Å². The van der Waals surface area contributed by atoms with Crippen molar-refractivity contribution in [3.63, 3.8) is 0 Å². The molecule has 0 saturated carbocycles. The normalized spacial score (nSPS) is 10.5. The zero-order valence-corrected chi connectivity index (χ0v) is 11.5. The molecule has 0 spiro atoms. The second kappa shape index (κ2) is 5.77. The van der Waals surface area contributed by atoms with E-state index in [1.807, 2.05) is 30.3 Å². The van der Waals surface area contributed by atoms with E-state index in [4.69, 9.17) is 19.1 Å². The van der Waals surface area contributed by atoms with Gasteiger partial charge >= 0.3 is 0 Å². The highest BCUT2D eigenvalue weighted by Crippen LogP contribution is 2.43. The van der Waals surface area contributed by atoms with E-state index in [-0.39, 0.29) is 0 Å². The highest BCUT2D eigenvalue weighted by atomic mass is 16.9. The van der Waals surface area contributed by atoms with E-state index >= 15 is 0 Å². The Labute approximate surface area is 112 Å². The zero-order valence-electron chi connectivity index (χ0n) is 11.5. The Hall–Kier alpha value is -1.98. The minimum Gasteiger partial charge on any atom is -0.494 e. The average molecular weight is 263 g/mol. The fraction of sp³-hybridized carbons (Fsp3) is 0.286. The van der Waals surface area contributed by atoms with Crippen LogP contribution in [0.25, 0.3) is 10.8 Å². The van der Waals surface area contributed by atoms with Crippen molar-refractivity contribution in [3.05, 3.63) is 30.3 Å². The molecule has 2 aromatic rings. The third-order valence-electron chi connectivity index (χ3n) is 2.88. The second-order valence-corrected chi connectivity index (χ2v) is 3.80. The first kappa shape index (κ1) is 13.5. The van der Waals surface area contributed by atoms with Gasteiger partial charge in [-0.25, -0.2) is 0 Å². The number of methoxy groups -OCH3 is 2. The number of nitrogens with zero attached hydrogens (tertiary/aromatic N) is 1. The van der Waals surface area contributed by atoms with Gasteiger partial charge in [0.15, 0.2) is 17.2 Å². The molecule has 0 atom stereocenters. The summed E-state index contributed by atoms with van der Waals surface area (Å²) in [5, 5.41) is 3.23. The Morgan fingerprint density at radius 3 is 2.16 bits per heavy atom. The molecule has 5 nitrogen and oxygen atoms in total. The number of hydrogen-bond acceptors (Lipinski definition) is 5. The van der Waals surface area contributed by atoms with Gasteiger partial charge in [-0.3, -0.25) is 9.68 Å². The Morgan fingerprint density at radius 2 is 1.58 bits per heavy atom. The van der Waals surface area contributed by atoms with Gasteiger partial charge in [-0.15, -0.1) is 5.23 Å². The molecule has 0 unspecified atom stereocenters. The number of anilines is 1. The highest BCUT2D eigenvalue weighted by molar-refractivity contribution is 5.96. The van der Waals surface area contributed by atoms with Gasteiger partial charge < -0.3 is 9.47 Å². The van der Waals surface area contributed by atoms with Crippen LogP contribution in [0.4, 0.5) is 5.69 Å². The van der Waals surface area contributed by atoms with Gasteiger partial charge in [0.1, 0.15) is 0 Å². The van der Waals surface area contributed by atoms with Crippen LogP contribution in [-0.2, 0) is 9.68 Å². The molecule has 2 aromatic carbocycles. The predicted molar refractivity (Wildman–Crippen MR) is 73.5 cm³/mol. The molecule has 0 aliphatic rings. The van der Waals surface area contributed by atoms with Crippen LogP contribution in [0.5, 0.6) is 11.5 Å². The van der Waals surface area contributed by atoms with E-state index in [9.17, 15) is 0 Å². The van der Waals surface area contributed by atoms with Gasteiger partial charge in [-0.1, -0.05) is 24.3 Å². The van der Waals surface area contributed by atoms with E-state index in [0.29, 0.717) is 17.2 Å². The van der Waals surface area contributed by atoms with Crippen molar-refractivity contribution in [2.24, 2.45) is 0 Å². The predicted octanol–water partition coefficient (Wildman–Crippen LogP) is 2.79. The second-order valence-electron chi connectivity index (χ2n) is 3.80. The highest BCUT2D eigenvalue weighted by Gasteiger charge is 2.21. The fourth-order valence-electron chi connectivity index (χ4n) is 2.07. The largest absolute Gasteiger partial charge is 0.494 e. The quantitative estimate of drug-likeness (QED) is 0.776. The van der Waals surface area contributed by atoms with Crippen LogP contribution >= 0.6 is 0 Å². The molecule has 0 saturated heterocycles. The molecule has 0 radical (unpaired) electrons. The maximum Gasteiger partial charge on any atom is 0.179 e. The molecule has 19 heavy (non-hydrogen) atoms. The lowest BCUT2D eigenvalue weighted by molar-refractivity contribution is -0.0448. The van der Waals surface area contributed by atoms with Crippen LogP contribution in [0.1, 0.15) is 0 Å². The first-order chi connectivity index (χ1) is 9.26. The van der Waals surface area contributed by atoms with Gasteiger partial charge in [0.2, 0.25) is 0 Å². The van der Waals surface area contributed by atoms with Crippen molar-refractivity contribution in [1.82, 2.24) is 0 Å². The molecular formula is C14H17NO4. The molecule has 0 aromatic heterocycles. The maximum absolute atomic E-state index is 5.50. The molecule has 0 aliphatic carbocycles. The number of hydrogen-bond donors (Lipinski definition) is 0. The number of benzene rings is 2. The molecule has 0 N–H and O–H groups in total. The minimum atomic E-state index is 0.591. The number of fused-ring (bicyclic) bond motifs is 1. The summed E-state index contributed by atoms with van der Waals surface area (Å²) in [7, 11) is 6.22. The van der Waals surface area contributed by atoms with Crippen molar-refractivity contribution in [1.29, 1.82) is 0 Å². The third kappa shape index (κ3) is 2.30.